The number of aryl methyl sites for hydroxylation is 1. The highest BCUT2D eigenvalue weighted by atomic mass is 35.5. The van der Waals surface area contributed by atoms with Crippen molar-refractivity contribution in [1.29, 1.82) is 0 Å². The minimum Gasteiger partial charge on any atom is -0.489 e. The highest BCUT2D eigenvalue weighted by molar-refractivity contribution is 6.30. The largest absolute Gasteiger partial charge is 0.489 e. The number of rotatable bonds is 9. The van der Waals surface area contributed by atoms with E-state index in [0.717, 1.165) is 33.8 Å². The molecule has 0 heterocycles. The molecule has 6 heteroatoms. The second kappa shape index (κ2) is 11.3. The molecular weight excluding hydrogens is 424 g/mol. The van der Waals surface area contributed by atoms with Crippen LogP contribution in [0.5, 0.6) is 11.5 Å². The van der Waals surface area contributed by atoms with Crippen molar-refractivity contribution >= 4 is 23.7 Å². The van der Waals surface area contributed by atoms with Gasteiger partial charge in [0.25, 0.3) is 5.91 Å². The molecule has 1 N–H and O–H groups in total. The normalized spacial score (nSPS) is 11.0. The fraction of sp³-hybridized carbons (Fsp3) is 0.231. The van der Waals surface area contributed by atoms with E-state index < -0.39 is 0 Å². The van der Waals surface area contributed by atoms with Gasteiger partial charge in [-0.15, -0.1) is 0 Å². The van der Waals surface area contributed by atoms with E-state index in [2.05, 4.69) is 24.4 Å². The number of benzene rings is 3. The molecule has 3 aromatic rings. The van der Waals surface area contributed by atoms with Crippen molar-refractivity contribution < 1.29 is 14.3 Å². The highest BCUT2D eigenvalue weighted by Gasteiger charge is 2.10. The van der Waals surface area contributed by atoms with Gasteiger partial charge in [0.15, 0.2) is 6.61 Å². The Kier molecular flexibility index (Phi) is 8.28. The predicted octanol–water partition coefficient (Wildman–Crippen LogP) is 5.88. The van der Waals surface area contributed by atoms with E-state index in [1.807, 2.05) is 73.7 Å². The number of nitrogens with one attached hydrogen (secondary N) is 1. The summed E-state index contributed by atoms with van der Waals surface area (Å²) >= 11 is 5.89. The Morgan fingerprint density at radius 1 is 1.03 bits per heavy atom. The molecule has 5 nitrogen and oxygen atoms in total. The summed E-state index contributed by atoms with van der Waals surface area (Å²) in [5.74, 6) is 1.46. The number of carbonyl (C=O) groups is 1. The topological polar surface area (TPSA) is 59.9 Å². The molecule has 0 aliphatic rings. The number of amides is 1. The molecule has 3 rings (SSSR count). The van der Waals surface area contributed by atoms with E-state index in [0.29, 0.717) is 17.5 Å². The van der Waals surface area contributed by atoms with Gasteiger partial charge in [-0.2, -0.15) is 5.10 Å². The maximum absolute atomic E-state index is 12.1. The third kappa shape index (κ3) is 7.13. The number of hydrogen-bond acceptors (Lipinski definition) is 4. The third-order valence-electron chi connectivity index (χ3n) is 4.75. The summed E-state index contributed by atoms with van der Waals surface area (Å²) in [6.07, 6.45) is 1.58. The Morgan fingerprint density at radius 2 is 1.75 bits per heavy atom. The van der Waals surface area contributed by atoms with Crippen molar-refractivity contribution in [3.8, 4) is 11.5 Å². The Labute approximate surface area is 194 Å². The van der Waals surface area contributed by atoms with Crippen LogP contribution >= 0.6 is 11.6 Å². The van der Waals surface area contributed by atoms with Gasteiger partial charge < -0.3 is 9.47 Å². The van der Waals surface area contributed by atoms with Crippen LogP contribution in [0.15, 0.2) is 71.8 Å². The Morgan fingerprint density at radius 3 is 2.44 bits per heavy atom. The molecule has 0 atom stereocenters. The zero-order valence-electron chi connectivity index (χ0n) is 18.5. The molecule has 0 aliphatic heterocycles. The number of halogens is 1. The van der Waals surface area contributed by atoms with Crippen LogP contribution in [-0.4, -0.2) is 18.7 Å². The average Bonchev–Trinajstić information content (AvgIpc) is 2.78. The lowest BCUT2D eigenvalue weighted by Crippen LogP contribution is -2.25. The molecule has 0 radical (unpaired) electrons. The molecule has 0 spiro atoms. The quantitative estimate of drug-likeness (QED) is 0.327. The number of ether oxygens (including phenoxy) is 2. The molecule has 0 saturated heterocycles. The second-order valence-corrected chi connectivity index (χ2v) is 8.20. The molecule has 166 valence electrons. The third-order valence-corrected chi connectivity index (χ3v) is 5.00. The van der Waals surface area contributed by atoms with Gasteiger partial charge in [-0.3, -0.25) is 4.79 Å². The van der Waals surface area contributed by atoms with Crippen LogP contribution in [-0.2, 0) is 11.4 Å². The van der Waals surface area contributed by atoms with Gasteiger partial charge in [0.2, 0.25) is 0 Å². The lowest BCUT2D eigenvalue weighted by molar-refractivity contribution is -0.123. The van der Waals surface area contributed by atoms with Crippen LogP contribution in [0.2, 0.25) is 5.02 Å². The monoisotopic (exact) mass is 450 g/mol. The van der Waals surface area contributed by atoms with Crippen molar-refractivity contribution in [3.63, 3.8) is 0 Å². The van der Waals surface area contributed by atoms with Gasteiger partial charge in [0.1, 0.15) is 18.1 Å². The number of carbonyl (C=O) groups excluding carboxylic acids is 1. The smallest absolute Gasteiger partial charge is 0.277 e. The van der Waals surface area contributed by atoms with Crippen LogP contribution in [0.25, 0.3) is 0 Å². The van der Waals surface area contributed by atoms with E-state index >= 15 is 0 Å². The first-order valence-electron chi connectivity index (χ1n) is 10.4. The van der Waals surface area contributed by atoms with Crippen molar-refractivity contribution in [2.24, 2.45) is 5.10 Å². The molecule has 0 saturated carbocycles. The standard InChI is InChI=1S/C26H27ClN2O3/c1-18(2)24-13-4-19(3)14-25(24)32-17-26(30)29-28-15-20-7-11-23(12-8-20)31-16-21-5-9-22(27)10-6-21/h4-15,18H,16-17H2,1-3H3,(H,29,30)/b28-15+. The van der Waals surface area contributed by atoms with E-state index in [1.54, 1.807) is 6.21 Å². The van der Waals surface area contributed by atoms with E-state index in [1.165, 1.54) is 0 Å². The lowest BCUT2D eigenvalue weighted by atomic mass is 10.0. The average molecular weight is 451 g/mol. The van der Waals surface area contributed by atoms with E-state index in [4.69, 9.17) is 21.1 Å². The minimum atomic E-state index is -0.319. The minimum absolute atomic E-state index is 0.0992. The zero-order valence-corrected chi connectivity index (χ0v) is 19.2. The van der Waals surface area contributed by atoms with Crippen molar-refractivity contribution in [1.82, 2.24) is 5.43 Å². The molecule has 0 aliphatic carbocycles. The Balaban J connectivity index is 1.46. The number of hydrogen-bond donors (Lipinski definition) is 1. The first kappa shape index (κ1) is 23.4. The van der Waals surface area contributed by atoms with E-state index in [-0.39, 0.29) is 12.5 Å². The van der Waals surface area contributed by atoms with Gasteiger partial charge in [-0.1, -0.05) is 49.7 Å². The fourth-order valence-corrected chi connectivity index (χ4v) is 3.12. The molecule has 1 amide bonds. The van der Waals surface area contributed by atoms with Crippen molar-refractivity contribution in [3.05, 3.63) is 94.0 Å². The van der Waals surface area contributed by atoms with E-state index in [9.17, 15) is 4.79 Å². The van der Waals surface area contributed by atoms with Crippen LogP contribution in [0.1, 0.15) is 42.0 Å². The van der Waals surface area contributed by atoms with Gasteiger partial charge in [-0.25, -0.2) is 5.43 Å². The molecule has 32 heavy (non-hydrogen) atoms. The van der Waals surface area contributed by atoms with Crippen LogP contribution in [0.3, 0.4) is 0 Å². The molecule has 3 aromatic carbocycles. The molecular formula is C26H27ClN2O3. The van der Waals surface area contributed by atoms with Crippen LogP contribution in [0.4, 0.5) is 0 Å². The molecule has 0 aromatic heterocycles. The number of hydrazone groups is 1. The Hall–Kier alpha value is -3.31. The summed E-state index contributed by atoms with van der Waals surface area (Å²) in [5.41, 5.74) is 6.53. The molecule has 0 unspecified atom stereocenters. The van der Waals surface area contributed by atoms with Gasteiger partial charge >= 0.3 is 0 Å². The van der Waals surface area contributed by atoms with Crippen molar-refractivity contribution in [2.75, 3.05) is 6.61 Å². The Bertz CT molecular complexity index is 1060. The number of nitrogens with zero attached hydrogens (tertiary/aromatic N) is 1. The summed E-state index contributed by atoms with van der Waals surface area (Å²) in [5, 5.41) is 4.70. The summed E-state index contributed by atoms with van der Waals surface area (Å²) < 4.78 is 11.5. The van der Waals surface area contributed by atoms with Crippen LogP contribution < -0.4 is 14.9 Å². The maximum Gasteiger partial charge on any atom is 0.277 e. The summed E-state index contributed by atoms with van der Waals surface area (Å²) in [4.78, 5) is 12.1. The van der Waals surface area contributed by atoms with Crippen molar-refractivity contribution in [2.45, 2.75) is 33.3 Å². The van der Waals surface area contributed by atoms with Crippen LogP contribution in [0, 0.1) is 6.92 Å². The molecule has 0 bridgehead atoms. The highest BCUT2D eigenvalue weighted by Crippen LogP contribution is 2.27. The van der Waals surface area contributed by atoms with Gasteiger partial charge in [-0.05, 0) is 77.6 Å². The zero-order chi connectivity index (χ0) is 22.9. The predicted molar refractivity (Wildman–Crippen MR) is 129 cm³/mol. The second-order valence-electron chi connectivity index (χ2n) is 7.76. The fourth-order valence-electron chi connectivity index (χ4n) is 3.00. The first-order chi connectivity index (χ1) is 15.4. The van der Waals surface area contributed by atoms with Gasteiger partial charge in [0, 0.05) is 5.02 Å². The summed E-state index contributed by atoms with van der Waals surface area (Å²) in [7, 11) is 0. The van der Waals surface area contributed by atoms with Gasteiger partial charge in [0.05, 0.1) is 6.21 Å². The molecule has 0 fully saturated rings. The maximum atomic E-state index is 12.1. The SMILES string of the molecule is Cc1ccc(C(C)C)c(OCC(=O)N/N=C/c2ccc(OCc3ccc(Cl)cc3)cc2)c1. The lowest BCUT2D eigenvalue weighted by Gasteiger charge is -2.14. The summed E-state index contributed by atoms with van der Waals surface area (Å²) in [6.45, 7) is 6.54. The summed E-state index contributed by atoms with van der Waals surface area (Å²) in [6, 6.07) is 21.0. The first-order valence-corrected chi connectivity index (χ1v) is 10.8.